The van der Waals surface area contributed by atoms with E-state index < -0.39 is 5.97 Å². The SMILES string of the molecule is CCOC(=O)C(=NNC1CC1)C(=O)Cc1ccc(C)cc1. The van der Waals surface area contributed by atoms with E-state index in [1.54, 1.807) is 6.92 Å². The van der Waals surface area contributed by atoms with Gasteiger partial charge in [0.25, 0.3) is 0 Å². The second kappa shape index (κ2) is 7.02. The van der Waals surface area contributed by atoms with E-state index in [4.69, 9.17) is 4.74 Å². The maximum Gasteiger partial charge on any atom is 0.362 e. The van der Waals surface area contributed by atoms with E-state index >= 15 is 0 Å². The summed E-state index contributed by atoms with van der Waals surface area (Å²) in [7, 11) is 0. The molecule has 1 N–H and O–H groups in total. The van der Waals surface area contributed by atoms with E-state index in [1.165, 1.54) is 0 Å². The van der Waals surface area contributed by atoms with Gasteiger partial charge < -0.3 is 10.2 Å². The first-order chi connectivity index (χ1) is 10.1. The normalized spacial score (nSPS) is 14.7. The van der Waals surface area contributed by atoms with Crippen LogP contribution < -0.4 is 5.43 Å². The van der Waals surface area contributed by atoms with E-state index in [-0.39, 0.29) is 30.6 Å². The molecule has 0 amide bonds. The summed E-state index contributed by atoms with van der Waals surface area (Å²) in [4.78, 5) is 24.1. The summed E-state index contributed by atoms with van der Waals surface area (Å²) in [6, 6.07) is 7.91. The highest BCUT2D eigenvalue weighted by Crippen LogP contribution is 2.18. The van der Waals surface area contributed by atoms with Gasteiger partial charge in [0.1, 0.15) is 0 Å². The fourth-order valence-corrected chi connectivity index (χ4v) is 1.76. The lowest BCUT2D eigenvalue weighted by Crippen LogP contribution is -2.30. The smallest absolute Gasteiger partial charge is 0.362 e. The maximum absolute atomic E-state index is 12.3. The number of hydrogen-bond acceptors (Lipinski definition) is 5. The van der Waals surface area contributed by atoms with Crippen molar-refractivity contribution >= 4 is 17.5 Å². The lowest BCUT2D eigenvalue weighted by atomic mass is 10.0. The van der Waals surface area contributed by atoms with Gasteiger partial charge in [0.2, 0.25) is 5.71 Å². The molecule has 0 unspecified atom stereocenters. The highest BCUT2D eigenvalue weighted by molar-refractivity contribution is 6.64. The number of ether oxygens (including phenoxy) is 1. The molecule has 21 heavy (non-hydrogen) atoms. The fourth-order valence-electron chi connectivity index (χ4n) is 1.76. The van der Waals surface area contributed by atoms with Crippen LogP contribution >= 0.6 is 0 Å². The van der Waals surface area contributed by atoms with Gasteiger partial charge in [0, 0.05) is 12.5 Å². The number of benzene rings is 1. The summed E-state index contributed by atoms with van der Waals surface area (Å²) < 4.78 is 4.90. The number of Topliss-reactive ketones (excluding diaryl/α,β-unsaturated/α-hetero) is 1. The van der Waals surface area contributed by atoms with Crippen molar-refractivity contribution in [2.75, 3.05) is 6.61 Å². The van der Waals surface area contributed by atoms with Crippen LogP contribution in [0.3, 0.4) is 0 Å². The molecule has 0 aliphatic heterocycles. The zero-order valence-electron chi connectivity index (χ0n) is 12.4. The second-order valence-electron chi connectivity index (χ2n) is 5.17. The van der Waals surface area contributed by atoms with Crippen LogP contribution in [0.5, 0.6) is 0 Å². The van der Waals surface area contributed by atoms with Gasteiger partial charge in [0.15, 0.2) is 5.78 Å². The molecular weight excluding hydrogens is 268 g/mol. The van der Waals surface area contributed by atoms with Crippen molar-refractivity contribution in [3.63, 3.8) is 0 Å². The molecule has 2 rings (SSSR count). The second-order valence-corrected chi connectivity index (χ2v) is 5.17. The molecule has 1 fully saturated rings. The minimum atomic E-state index is -0.664. The Labute approximate surface area is 124 Å². The molecular formula is C16H20N2O3. The number of rotatable bonds is 7. The van der Waals surface area contributed by atoms with Crippen LogP contribution in [-0.2, 0) is 20.7 Å². The number of carbonyl (C=O) groups excluding carboxylic acids is 2. The van der Waals surface area contributed by atoms with E-state index in [2.05, 4.69) is 10.5 Å². The Morgan fingerprint density at radius 2 is 1.95 bits per heavy atom. The average Bonchev–Trinajstić information content (AvgIpc) is 3.26. The molecule has 0 radical (unpaired) electrons. The largest absolute Gasteiger partial charge is 0.461 e. The molecule has 0 bridgehead atoms. The lowest BCUT2D eigenvalue weighted by Gasteiger charge is -2.06. The maximum atomic E-state index is 12.3. The molecule has 0 saturated heterocycles. The van der Waals surface area contributed by atoms with Crippen LogP contribution in [0.2, 0.25) is 0 Å². The van der Waals surface area contributed by atoms with Gasteiger partial charge in [-0.05, 0) is 32.3 Å². The predicted molar refractivity (Wildman–Crippen MR) is 80.1 cm³/mol. The van der Waals surface area contributed by atoms with Crippen molar-refractivity contribution in [3.05, 3.63) is 35.4 Å². The first kappa shape index (κ1) is 15.2. The molecule has 5 nitrogen and oxygen atoms in total. The fraction of sp³-hybridized carbons (Fsp3) is 0.438. The van der Waals surface area contributed by atoms with Crippen molar-refractivity contribution in [1.29, 1.82) is 0 Å². The summed E-state index contributed by atoms with van der Waals surface area (Å²) in [5.74, 6) is -0.992. The van der Waals surface area contributed by atoms with Crippen molar-refractivity contribution in [2.24, 2.45) is 5.10 Å². The summed E-state index contributed by atoms with van der Waals surface area (Å²) in [6.07, 6.45) is 2.18. The van der Waals surface area contributed by atoms with Gasteiger partial charge in [0.05, 0.1) is 6.61 Å². The highest BCUT2D eigenvalue weighted by atomic mass is 16.5. The summed E-state index contributed by atoms with van der Waals surface area (Å²) in [5, 5.41) is 3.96. The molecule has 1 saturated carbocycles. The standard InChI is InChI=1S/C16H20N2O3/c1-3-21-16(20)15(18-17-13-8-9-13)14(19)10-12-6-4-11(2)5-7-12/h4-7,13,17H,3,8-10H2,1-2H3. The van der Waals surface area contributed by atoms with Gasteiger partial charge in [-0.2, -0.15) is 5.10 Å². The number of hydrazone groups is 1. The molecule has 1 aliphatic carbocycles. The van der Waals surface area contributed by atoms with Crippen molar-refractivity contribution in [1.82, 2.24) is 5.43 Å². The lowest BCUT2D eigenvalue weighted by molar-refractivity contribution is -0.135. The molecule has 0 atom stereocenters. The summed E-state index contributed by atoms with van der Waals surface area (Å²) in [5.41, 5.74) is 4.67. The van der Waals surface area contributed by atoms with Crippen molar-refractivity contribution in [3.8, 4) is 0 Å². The van der Waals surface area contributed by atoms with Crippen LogP contribution in [-0.4, -0.2) is 30.1 Å². The Morgan fingerprint density at radius 3 is 2.52 bits per heavy atom. The van der Waals surface area contributed by atoms with Crippen LogP contribution in [0.4, 0.5) is 0 Å². The molecule has 112 valence electrons. The van der Waals surface area contributed by atoms with Crippen LogP contribution in [0.25, 0.3) is 0 Å². The molecule has 0 spiro atoms. The topological polar surface area (TPSA) is 67.8 Å². The van der Waals surface area contributed by atoms with Gasteiger partial charge in [-0.25, -0.2) is 4.79 Å². The molecule has 1 aromatic carbocycles. The monoisotopic (exact) mass is 288 g/mol. The third-order valence-electron chi connectivity index (χ3n) is 3.15. The number of nitrogens with one attached hydrogen (secondary N) is 1. The Balaban J connectivity index is 2.07. The van der Waals surface area contributed by atoms with E-state index in [1.807, 2.05) is 31.2 Å². The van der Waals surface area contributed by atoms with E-state index in [0.717, 1.165) is 24.0 Å². The Hall–Kier alpha value is -2.17. The van der Waals surface area contributed by atoms with Gasteiger partial charge >= 0.3 is 5.97 Å². The molecule has 1 aliphatic rings. The average molecular weight is 288 g/mol. The van der Waals surface area contributed by atoms with Crippen LogP contribution in [0.15, 0.2) is 29.4 Å². The first-order valence-electron chi connectivity index (χ1n) is 7.19. The van der Waals surface area contributed by atoms with E-state index in [0.29, 0.717) is 0 Å². The predicted octanol–water partition coefficient (Wildman–Crippen LogP) is 1.78. The third kappa shape index (κ3) is 4.70. The zero-order chi connectivity index (χ0) is 15.2. The van der Waals surface area contributed by atoms with Gasteiger partial charge in [-0.15, -0.1) is 0 Å². The molecule has 0 aromatic heterocycles. The number of esters is 1. The van der Waals surface area contributed by atoms with Gasteiger partial charge in [-0.3, -0.25) is 4.79 Å². The Morgan fingerprint density at radius 1 is 1.29 bits per heavy atom. The Kier molecular flexibility index (Phi) is 5.09. The minimum Gasteiger partial charge on any atom is -0.461 e. The molecule has 0 heterocycles. The van der Waals surface area contributed by atoms with Crippen LogP contribution in [0, 0.1) is 6.92 Å². The number of ketones is 1. The number of nitrogens with zero attached hydrogens (tertiary/aromatic N) is 1. The number of carbonyl (C=O) groups is 2. The van der Waals surface area contributed by atoms with Crippen molar-refractivity contribution < 1.29 is 14.3 Å². The van der Waals surface area contributed by atoms with E-state index in [9.17, 15) is 9.59 Å². The summed E-state index contributed by atoms with van der Waals surface area (Å²) >= 11 is 0. The third-order valence-corrected chi connectivity index (χ3v) is 3.15. The van der Waals surface area contributed by atoms with Crippen molar-refractivity contribution in [2.45, 2.75) is 39.2 Å². The zero-order valence-corrected chi connectivity index (χ0v) is 12.4. The minimum absolute atomic E-state index is 0.143. The number of aryl methyl sites for hydroxylation is 1. The first-order valence-corrected chi connectivity index (χ1v) is 7.19. The van der Waals surface area contributed by atoms with Crippen LogP contribution in [0.1, 0.15) is 30.9 Å². The molecule has 5 heteroatoms. The number of hydrogen-bond donors (Lipinski definition) is 1. The molecule has 1 aromatic rings. The highest BCUT2D eigenvalue weighted by Gasteiger charge is 2.25. The summed E-state index contributed by atoms with van der Waals surface area (Å²) in [6.45, 7) is 3.91. The quantitative estimate of drug-likeness (QED) is 0.359. The Bertz CT molecular complexity index is 545. The van der Waals surface area contributed by atoms with Gasteiger partial charge in [-0.1, -0.05) is 29.8 Å².